The van der Waals surface area contributed by atoms with Crippen LogP contribution in [0, 0.1) is 5.92 Å². The van der Waals surface area contributed by atoms with Crippen LogP contribution in [0.3, 0.4) is 0 Å². The van der Waals surface area contributed by atoms with Crippen molar-refractivity contribution in [2.24, 2.45) is 5.92 Å². The van der Waals surface area contributed by atoms with E-state index in [0.29, 0.717) is 5.92 Å². The zero-order valence-corrected chi connectivity index (χ0v) is 16.0. The lowest BCUT2D eigenvalue weighted by atomic mass is 10.3. The van der Waals surface area contributed by atoms with Gasteiger partial charge in [0.25, 0.3) is 0 Å². The average Bonchev–Trinajstić information content (AvgIpc) is 2.27. The largest absolute Gasteiger partial charge is 0.223 e. The van der Waals surface area contributed by atoms with E-state index < -0.39 is 12.4 Å². The first kappa shape index (κ1) is 19.2. The summed E-state index contributed by atoms with van der Waals surface area (Å²) in [7, 11) is 0. The highest BCUT2D eigenvalue weighted by molar-refractivity contribution is 8.15. The summed E-state index contributed by atoms with van der Waals surface area (Å²) in [6, 6.07) is 0. The molecule has 0 aromatic rings. The van der Waals surface area contributed by atoms with Gasteiger partial charge in [-0.15, -0.1) is 0 Å². The lowest BCUT2D eigenvalue weighted by molar-refractivity contribution is 0.734. The fourth-order valence-electron chi connectivity index (χ4n) is 1.97. The van der Waals surface area contributed by atoms with Crippen molar-refractivity contribution < 1.29 is 0 Å². The highest BCUT2D eigenvalue weighted by Crippen LogP contribution is 2.47. The molecular formula is C12H30N2P2S2. The Kier molecular flexibility index (Phi) is 9.83. The van der Waals surface area contributed by atoms with Crippen LogP contribution in [0.15, 0.2) is 0 Å². The maximum Gasteiger partial charge on any atom is 0.0259 e. The molecule has 0 aliphatic carbocycles. The summed E-state index contributed by atoms with van der Waals surface area (Å²) >= 11 is 11.7. The Hall–Kier alpha value is 1.22. The molecule has 6 heteroatoms. The predicted molar refractivity (Wildman–Crippen MR) is 95.4 cm³/mol. The monoisotopic (exact) mass is 328 g/mol. The Balaban J connectivity index is 4.57. The van der Waals surface area contributed by atoms with Gasteiger partial charge in [0, 0.05) is 12.4 Å². The number of rotatable bonds is 10. The summed E-state index contributed by atoms with van der Waals surface area (Å²) in [6.07, 6.45) is 3.83. The zero-order valence-electron chi connectivity index (χ0n) is 12.5. The SMILES string of the molecule is CCCP(=S)(CCC)NNP(=S)(CC)CC(C)C. The third-order valence-electron chi connectivity index (χ3n) is 2.80. The second-order valence-electron chi connectivity index (χ2n) is 5.34. The highest BCUT2D eigenvalue weighted by Gasteiger charge is 2.20. The maximum absolute atomic E-state index is 5.84. The molecule has 0 rings (SSSR count). The summed E-state index contributed by atoms with van der Waals surface area (Å²) in [6.45, 7) is 11.1. The molecule has 0 fully saturated rings. The molecule has 0 amide bonds. The molecule has 1 atom stereocenters. The van der Waals surface area contributed by atoms with Gasteiger partial charge in [-0.05, 0) is 30.6 Å². The normalized spacial score (nSPS) is 15.9. The van der Waals surface area contributed by atoms with Gasteiger partial charge >= 0.3 is 0 Å². The number of hydrogen-bond donors (Lipinski definition) is 2. The topological polar surface area (TPSA) is 24.1 Å². The van der Waals surface area contributed by atoms with Crippen molar-refractivity contribution in [1.82, 2.24) is 10.4 Å². The molecule has 0 aliphatic rings. The van der Waals surface area contributed by atoms with Crippen molar-refractivity contribution in [2.45, 2.75) is 47.5 Å². The summed E-state index contributed by atoms with van der Waals surface area (Å²) in [5, 5.41) is 7.02. The van der Waals surface area contributed by atoms with Gasteiger partial charge in [-0.3, -0.25) is 0 Å². The van der Waals surface area contributed by atoms with Gasteiger partial charge in [-0.25, -0.2) is 10.4 Å². The molecule has 1 unspecified atom stereocenters. The van der Waals surface area contributed by atoms with Crippen molar-refractivity contribution >= 4 is 36.0 Å². The Morgan fingerprint density at radius 2 is 1.33 bits per heavy atom. The third-order valence-corrected chi connectivity index (χ3v) is 11.6. The molecule has 0 aromatic heterocycles. The van der Waals surface area contributed by atoms with Crippen LogP contribution >= 0.6 is 12.4 Å². The Labute approximate surface area is 124 Å². The first-order valence-electron chi connectivity index (χ1n) is 7.01. The summed E-state index contributed by atoms with van der Waals surface area (Å²) in [5.74, 6) is 0.653. The van der Waals surface area contributed by atoms with Gasteiger partial charge < -0.3 is 0 Å². The second-order valence-corrected chi connectivity index (χ2v) is 15.4. The van der Waals surface area contributed by atoms with Crippen molar-refractivity contribution in [3.05, 3.63) is 0 Å². The maximum atomic E-state index is 5.84. The van der Waals surface area contributed by atoms with E-state index in [1.807, 2.05) is 0 Å². The lowest BCUT2D eigenvalue weighted by Gasteiger charge is -2.30. The minimum atomic E-state index is -1.47. The van der Waals surface area contributed by atoms with Crippen LogP contribution in [0.5, 0.6) is 0 Å². The van der Waals surface area contributed by atoms with Crippen LogP contribution in [-0.2, 0) is 23.6 Å². The molecule has 0 aromatic carbocycles. The standard InChI is InChI=1S/C12H30N2P2S2/c1-6-9-16(18,10-7-2)14-13-15(17,8-3)11-12(4)5/h12H,6-11H2,1-5H3,(H,13,17)(H,14,18). The van der Waals surface area contributed by atoms with Gasteiger partial charge in [-0.2, -0.15) is 0 Å². The van der Waals surface area contributed by atoms with Gasteiger partial charge in [0.15, 0.2) is 0 Å². The van der Waals surface area contributed by atoms with Crippen molar-refractivity contribution in [3.63, 3.8) is 0 Å². The van der Waals surface area contributed by atoms with Gasteiger partial charge in [0.05, 0.1) is 0 Å². The average molecular weight is 328 g/mol. The Morgan fingerprint density at radius 1 is 0.889 bits per heavy atom. The summed E-state index contributed by atoms with van der Waals surface area (Å²) < 4.78 is 0. The highest BCUT2D eigenvalue weighted by atomic mass is 32.4. The van der Waals surface area contributed by atoms with Crippen LogP contribution in [0.2, 0.25) is 0 Å². The predicted octanol–water partition coefficient (Wildman–Crippen LogP) is 4.37. The fraction of sp³-hybridized carbons (Fsp3) is 1.00. The molecule has 0 spiro atoms. The van der Waals surface area contributed by atoms with Crippen molar-refractivity contribution in [1.29, 1.82) is 0 Å². The molecule has 0 aliphatic heterocycles. The van der Waals surface area contributed by atoms with Gasteiger partial charge in [-0.1, -0.05) is 71.1 Å². The lowest BCUT2D eigenvalue weighted by Crippen LogP contribution is -2.30. The van der Waals surface area contributed by atoms with E-state index in [2.05, 4.69) is 45.0 Å². The van der Waals surface area contributed by atoms with E-state index in [4.69, 9.17) is 23.6 Å². The number of hydrogen-bond acceptors (Lipinski definition) is 2. The minimum Gasteiger partial charge on any atom is -0.223 e. The second kappa shape index (κ2) is 9.21. The molecule has 110 valence electrons. The van der Waals surface area contributed by atoms with Gasteiger partial charge in [0.1, 0.15) is 0 Å². The minimum absolute atomic E-state index is 0.653. The molecule has 0 heterocycles. The van der Waals surface area contributed by atoms with E-state index in [1.54, 1.807) is 0 Å². The number of hydrazine groups is 1. The Bertz CT molecular complexity index is 301. The van der Waals surface area contributed by atoms with Crippen LogP contribution in [0.1, 0.15) is 47.5 Å². The van der Waals surface area contributed by atoms with Crippen molar-refractivity contribution in [2.75, 3.05) is 24.6 Å². The molecular weight excluding hydrogens is 298 g/mol. The van der Waals surface area contributed by atoms with Crippen LogP contribution < -0.4 is 10.4 Å². The molecule has 0 saturated carbocycles. The Morgan fingerprint density at radius 3 is 1.67 bits per heavy atom. The first-order valence-corrected chi connectivity index (χ1v) is 13.4. The first-order chi connectivity index (χ1) is 8.31. The molecule has 0 radical (unpaired) electrons. The molecule has 0 saturated heterocycles. The third kappa shape index (κ3) is 7.72. The molecule has 18 heavy (non-hydrogen) atoms. The van der Waals surface area contributed by atoms with E-state index in [1.165, 1.54) is 0 Å². The van der Waals surface area contributed by atoms with E-state index in [9.17, 15) is 0 Å². The van der Waals surface area contributed by atoms with Crippen LogP contribution in [0.25, 0.3) is 0 Å². The fourth-order valence-corrected chi connectivity index (χ4v) is 9.73. The van der Waals surface area contributed by atoms with E-state index in [0.717, 1.165) is 37.5 Å². The van der Waals surface area contributed by atoms with E-state index >= 15 is 0 Å². The zero-order chi connectivity index (χ0) is 14.2. The van der Waals surface area contributed by atoms with Crippen LogP contribution in [-0.4, -0.2) is 24.6 Å². The molecule has 0 bridgehead atoms. The number of nitrogens with one attached hydrogen (secondary N) is 2. The smallest absolute Gasteiger partial charge is 0.0259 e. The summed E-state index contributed by atoms with van der Waals surface area (Å²) in [5.41, 5.74) is 0. The molecule has 2 N–H and O–H groups in total. The summed E-state index contributed by atoms with van der Waals surface area (Å²) in [4.78, 5) is 0. The molecule has 2 nitrogen and oxygen atoms in total. The van der Waals surface area contributed by atoms with Crippen molar-refractivity contribution in [3.8, 4) is 0 Å². The van der Waals surface area contributed by atoms with Crippen LogP contribution in [0.4, 0.5) is 0 Å². The van der Waals surface area contributed by atoms with Gasteiger partial charge in [0.2, 0.25) is 0 Å². The van der Waals surface area contributed by atoms with E-state index in [-0.39, 0.29) is 0 Å². The quantitative estimate of drug-likeness (QED) is 0.459.